The summed E-state index contributed by atoms with van der Waals surface area (Å²) in [6, 6.07) is -0.571. The molecule has 0 unspecified atom stereocenters. The number of thiol groups is 2. The Kier molecular flexibility index (Phi) is 37.5. The molecule has 1 fully saturated rings. The first kappa shape index (κ1) is 94.0. The van der Waals surface area contributed by atoms with Gasteiger partial charge in [0.2, 0.25) is 82.7 Å². The number of aliphatic hydroxyl groups excluding tert-OH is 2. The smallest absolute Gasteiger partial charge is 0.326 e. The molecule has 14 amide bonds. The zero-order valence-electron chi connectivity index (χ0n) is 63.5. The molecule has 628 valence electrons. The Bertz CT molecular complexity index is 4130. The number of nitrogens with zero attached hydrogens (tertiary/aromatic N) is 1. The SMILES string of the molecule is CC(C)[C@H](NC(=O)[C@H](CO)NC(=O)[C@H](Cc1ccc(O)cc1)NC(=O)[C@H](CS)NC(=O)[C@H](CCC(=O)O)NC(=O)[C@@H](NC(=O)CNC(=O)CNC(=O)[C@H](Cc1ccc(O)cc1)NC(=O)[C@H](CCC(=O)O)NC(=O)CNC(=O)[C@@H]1CCCN1C(=O)[C@H](Cc1c[nH]c2ccccc12)NC(=O)[C@H](CS)NC(=O)[C@@H](N)[C@@H](C)O)C(C)C)C(=O)O. The summed E-state index contributed by atoms with van der Waals surface area (Å²) in [4.78, 5) is 232. The summed E-state index contributed by atoms with van der Waals surface area (Å²) in [5.74, 6) is -20.7. The van der Waals surface area contributed by atoms with E-state index in [1.807, 2.05) is 0 Å². The fourth-order valence-electron chi connectivity index (χ4n) is 11.7. The molecule has 13 atom stereocenters. The van der Waals surface area contributed by atoms with Crippen LogP contribution >= 0.6 is 25.3 Å². The lowest BCUT2D eigenvalue weighted by atomic mass is 10.0. The quantitative estimate of drug-likeness (QED) is 0.0184. The predicted octanol–water partition coefficient (Wildman–Crippen LogP) is -5.52. The second-order valence-electron chi connectivity index (χ2n) is 27.8. The molecule has 4 aromatic rings. The lowest BCUT2D eigenvalue weighted by Gasteiger charge is -2.30. The molecule has 0 radical (unpaired) electrons. The van der Waals surface area contributed by atoms with Crippen LogP contribution in [-0.2, 0) is 101 Å². The minimum atomic E-state index is -1.74. The molecule has 115 heavy (non-hydrogen) atoms. The standard InChI is InChI=1S/C73H100N16O24S2/c1-35(2)60(71(110)80-46(21-23-58(99)100)64(103)85-51(33-114)67(106)82-48(26-39-14-18-42(93)19-15-39)65(104)84-50(32-90)66(105)88-61(36(3)4)73(112)113)87-56(96)30-76-54(94)29-77-62(101)47(25-38-12-16-41(92)17-13-38)81-63(102)45(20-22-57(97)98)79-55(95)31-78-69(108)53-11-8-24-89(53)72(111)49(27-40-28-75-44-10-7-6-9-43(40)44)83-68(107)52(34-115)86-70(109)59(74)37(5)91/h6-7,9-10,12-19,28,35-37,45-53,59-61,75,90-93,114-115H,8,11,20-27,29-34,74H2,1-5H3,(H,76,94)(H,77,101)(H,78,108)(H,79,95)(H,80,110)(H,81,102)(H,82,106)(H,83,107)(H,84,104)(H,85,103)(H,86,109)(H,87,96)(H,88,105)(H,97,98)(H,99,100)(H,112,113)/t37-,45+,46+,47+,48+,49+,50+,51+,52+,53+,59+,60+,61+/m1/s1. The highest BCUT2D eigenvalue weighted by Gasteiger charge is 2.41. The summed E-state index contributed by atoms with van der Waals surface area (Å²) >= 11 is 8.39. The molecule has 40 nitrogen and oxygen atoms in total. The molecule has 2 heterocycles. The summed E-state index contributed by atoms with van der Waals surface area (Å²) in [6.07, 6.45) is -2.68. The number of nitrogens with one attached hydrogen (secondary N) is 14. The number of phenols is 2. The number of benzene rings is 3. The number of aliphatic carboxylic acids is 3. The van der Waals surface area contributed by atoms with Crippen molar-refractivity contribution in [2.75, 3.05) is 44.3 Å². The average molecular weight is 1650 g/mol. The van der Waals surface area contributed by atoms with Gasteiger partial charge in [-0.1, -0.05) is 70.2 Å². The first-order valence-corrected chi connectivity index (χ1v) is 37.8. The van der Waals surface area contributed by atoms with Crippen molar-refractivity contribution < 1.29 is 117 Å². The number of carbonyl (C=O) groups is 17. The van der Waals surface area contributed by atoms with Gasteiger partial charge in [-0.05, 0) is 91.5 Å². The summed E-state index contributed by atoms with van der Waals surface area (Å²) in [5, 5.41) is 100. The third-order valence-corrected chi connectivity index (χ3v) is 18.9. The first-order chi connectivity index (χ1) is 54.3. The van der Waals surface area contributed by atoms with Crippen LogP contribution in [0.25, 0.3) is 10.9 Å². The Morgan fingerprint density at radius 3 is 1.44 bits per heavy atom. The second-order valence-corrected chi connectivity index (χ2v) is 28.5. The number of fused-ring (bicyclic) bond motifs is 1. The van der Waals surface area contributed by atoms with Gasteiger partial charge in [-0.3, -0.25) is 76.7 Å². The lowest BCUT2D eigenvalue weighted by molar-refractivity contribution is -0.144. The van der Waals surface area contributed by atoms with Crippen molar-refractivity contribution in [3.8, 4) is 11.5 Å². The highest BCUT2D eigenvalue weighted by atomic mass is 32.1. The second kappa shape index (κ2) is 45.9. The van der Waals surface area contributed by atoms with E-state index in [0.717, 1.165) is 0 Å². The molecule has 1 aliphatic heterocycles. The number of hydrogen-bond acceptors (Lipinski definition) is 24. The molecule has 5 rings (SSSR count). The van der Waals surface area contributed by atoms with Crippen molar-refractivity contribution in [2.24, 2.45) is 17.6 Å². The highest BCUT2D eigenvalue weighted by Crippen LogP contribution is 2.24. The molecular formula is C73H100N16O24S2. The van der Waals surface area contributed by atoms with E-state index in [9.17, 15) is 117 Å². The maximum absolute atomic E-state index is 14.6. The van der Waals surface area contributed by atoms with Gasteiger partial charge in [0.1, 0.15) is 84.0 Å². The molecule has 0 spiro atoms. The van der Waals surface area contributed by atoms with Gasteiger partial charge in [-0.25, -0.2) is 4.79 Å². The fraction of sp³-hybridized carbons (Fsp3) is 0.493. The largest absolute Gasteiger partial charge is 0.508 e. The number of aliphatic hydroxyl groups is 2. The topological polar surface area (TPSA) is 633 Å². The van der Waals surface area contributed by atoms with Crippen molar-refractivity contribution in [1.29, 1.82) is 0 Å². The Hall–Kier alpha value is -11.6. The number of aromatic hydroxyl groups is 2. The first-order valence-electron chi connectivity index (χ1n) is 36.5. The van der Waals surface area contributed by atoms with Crippen molar-refractivity contribution in [2.45, 2.75) is 171 Å². The van der Waals surface area contributed by atoms with Gasteiger partial charge in [0.15, 0.2) is 0 Å². The number of aromatic amines is 1. The van der Waals surface area contributed by atoms with Gasteiger partial charge in [-0.2, -0.15) is 25.3 Å². The van der Waals surface area contributed by atoms with E-state index in [1.54, 1.807) is 30.5 Å². The molecule has 1 aromatic heterocycles. The predicted molar refractivity (Wildman–Crippen MR) is 414 cm³/mol. The van der Waals surface area contributed by atoms with Crippen LogP contribution < -0.4 is 74.9 Å². The maximum Gasteiger partial charge on any atom is 0.326 e. The van der Waals surface area contributed by atoms with Crippen molar-refractivity contribution in [1.82, 2.24) is 79.0 Å². The van der Waals surface area contributed by atoms with Crippen LogP contribution in [0.5, 0.6) is 11.5 Å². The van der Waals surface area contributed by atoms with E-state index >= 15 is 0 Å². The Labute approximate surface area is 670 Å². The van der Waals surface area contributed by atoms with E-state index in [2.05, 4.69) is 99.4 Å². The van der Waals surface area contributed by atoms with E-state index in [-0.39, 0.29) is 49.5 Å². The molecule has 3 aromatic carbocycles. The number of para-hydroxylation sites is 1. The minimum Gasteiger partial charge on any atom is -0.508 e. The Balaban J connectivity index is 1.22. The molecule has 1 aliphatic rings. The average Bonchev–Trinajstić information content (AvgIpc) is 1.67. The lowest BCUT2D eigenvalue weighted by Crippen LogP contribution is -2.61. The van der Waals surface area contributed by atoms with Crippen LogP contribution in [0.1, 0.15) is 89.8 Å². The number of H-pyrrole nitrogens is 1. The molecule has 42 heteroatoms. The summed E-state index contributed by atoms with van der Waals surface area (Å²) in [6.45, 7) is 3.65. The van der Waals surface area contributed by atoms with Gasteiger partial charge < -0.3 is 120 Å². The maximum atomic E-state index is 14.6. The van der Waals surface area contributed by atoms with Crippen LogP contribution in [0, 0.1) is 11.8 Å². The Morgan fingerprint density at radius 2 is 0.930 bits per heavy atom. The van der Waals surface area contributed by atoms with Crippen molar-refractivity contribution in [3.63, 3.8) is 0 Å². The van der Waals surface area contributed by atoms with Crippen LogP contribution in [0.4, 0.5) is 0 Å². The monoisotopic (exact) mass is 1650 g/mol. The van der Waals surface area contributed by atoms with Crippen molar-refractivity contribution >= 4 is 137 Å². The van der Waals surface area contributed by atoms with Crippen LogP contribution in [0.15, 0.2) is 79.0 Å². The van der Waals surface area contributed by atoms with E-state index in [4.69, 9.17) is 5.73 Å². The third kappa shape index (κ3) is 30.0. The van der Waals surface area contributed by atoms with Crippen molar-refractivity contribution in [3.05, 3.63) is 95.7 Å². The molecular weight excluding hydrogens is 1550 g/mol. The van der Waals surface area contributed by atoms with Gasteiger partial charge in [0.05, 0.1) is 32.3 Å². The number of likely N-dealkylation sites (tertiary alicyclic amines) is 1. The summed E-state index contributed by atoms with van der Waals surface area (Å²) < 4.78 is 0. The van der Waals surface area contributed by atoms with E-state index < -0.39 is 249 Å². The van der Waals surface area contributed by atoms with E-state index in [0.29, 0.717) is 34.0 Å². The zero-order chi connectivity index (χ0) is 85.5. The number of carboxylic acids is 3. The van der Waals surface area contributed by atoms with Gasteiger partial charge in [-0.15, -0.1) is 0 Å². The zero-order valence-corrected chi connectivity index (χ0v) is 65.3. The van der Waals surface area contributed by atoms with Crippen LogP contribution in [0.2, 0.25) is 0 Å². The molecule has 0 aliphatic carbocycles. The normalized spacial score (nSPS) is 15.6. The molecule has 23 N–H and O–H groups in total. The third-order valence-electron chi connectivity index (χ3n) is 18.2. The molecule has 0 saturated carbocycles. The number of phenolic OH excluding ortho intramolecular Hbond substituents is 2. The van der Waals surface area contributed by atoms with Gasteiger partial charge in [0.25, 0.3) is 0 Å². The molecule has 1 saturated heterocycles. The van der Waals surface area contributed by atoms with Gasteiger partial charge >= 0.3 is 17.9 Å². The molecule has 0 bridgehead atoms. The number of aromatic nitrogens is 1. The Morgan fingerprint density at radius 1 is 0.487 bits per heavy atom. The van der Waals surface area contributed by atoms with Gasteiger partial charge in [0, 0.05) is 67.3 Å². The number of carboxylic acid groups (broad SMARTS) is 3. The number of amides is 14. The van der Waals surface area contributed by atoms with Crippen LogP contribution in [-0.4, -0.2) is 269 Å². The minimum absolute atomic E-state index is 0.0202. The summed E-state index contributed by atoms with van der Waals surface area (Å²) in [5.41, 5.74) is 7.76. The number of nitrogens with two attached hydrogens (primary N) is 1. The summed E-state index contributed by atoms with van der Waals surface area (Å²) in [7, 11) is 0. The fourth-order valence-corrected chi connectivity index (χ4v) is 12.2. The number of carbonyl (C=O) groups excluding carboxylic acids is 14. The highest BCUT2D eigenvalue weighted by molar-refractivity contribution is 7.80. The van der Waals surface area contributed by atoms with Crippen LogP contribution in [0.3, 0.4) is 0 Å². The van der Waals surface area contributed by atoms with E-state index in [1.165, 1.54) is 88.0 Å². The number of hydrogen-bond donors (Lipinski definition) is 24. The number of rotatable bonds is 46.